The monoisotopic (exact) mass is 470 g/mol. The number of aryl methyl sites for hydroxylation is 2. The third-order valence-electron chi connectivity index (χ3n) is 5.47. The summed E-state index contributed by atoms with van der Waals surface area (Å²) in [4.78, 5) is 35.9. The lowest BCUT2D eigenvalue weighted by molar-refractivity contribution is -0.384. The number of carbonyl (C=O) groups excluding carboxylic acids is 2. The molecule has 164 valence electrons. The van der Waals surface area contributed by atoms with Crippen molar-refractivity contribution in [1.29, 1.82) is 0 Å². The zero-order valence-electron chi connectivity index (χ0n) is 17.1. The molecule has 4 rings (SSSR count). The number of ether oxygens (including phenoxy) is 1. The van der Waals surface area contributed by atoms with Crippen molar-refractivity contribution in [3.63, 3.8) is 0 Å². The van der Waals surface area contributed by atoms with Gasteiger partial charge in [0.05, 0.1) is 12.0 Å². The number of hydrogen-bond acceptors (Lipinski definition) is 6. The smallest absolute Gasteiger partial charge is 0.341 e. The summed E-state index contributed by atoms with van der Waals surface area (Å²) >= 11 is 7.03. The number of benzene rings is 2. The molecular weight excluding hydrogens is 452 g/mol. The lowest BCUT2D eigenvalue weighted by atomic mass is 9.89. The summed E-state index contributed by atoms with van der Waals surface area (Å²) in [5.41, 5.74) is 4.10. The van der Waals surface area contributed by atoms with Crippen molar-refractivity contribution in [2.45, 2.75) is 25.7 Å². The second kappa shape index (κ2) is 9.10. The van der Waals surface area contributed by atoms with Gasteiger partial charge in [-0.15, -0.1) is 11.3 Å². The van der Waals surface area contributed by atoms with Crippen LogP contribution in [0.3, 0.4) is 0 Å². The molecule has 1 aromatic heterocycles. The maximum absolute atomic E-state index is 12.8. The standard InChI is InChI=1S/C23H19ClN2O5S/c1-31-23(28)20-17(15-7-6-13-4-2-3-5-14(13)10-15)12-32-22(20)25-21(27)16-8-9-18(24)19(11-16)26(29)30/h6-12H,2-5H2,1H3,(H,25,27). The Kier molecular flexibility index (Phi) is 6.25. The molecule has 0 saturated heterocycles. The van der Waals surface area contributed by atoms with Crippen molar-refractivity contribution in [2.75, 3.05) is 12.4 Å². The number of anilines is 1. The van der Waals surface area contributed by atoms with Crippen LogP contribution in [-0.2, 0) is 17.6 Å². The topological polar surface area (TPSA) is 98.5 Å². The number of hydrogen-bond donors (Lipinski definition) is 1. The van der Waals surface area contributed by atoms with Crippen molar-refractivity contribution in [1.82, 2.24) is 0 Å². The number of nitrogens with zero attached hydrogens (tertiary/aromatic N) is 1. The van der Waals surface area contributed by atoms with Gasteiger partial charge in [0.25, 0.3) is 11.6 Å². The zero-order chi connectivity index (χ0) is 22.8. The van der Waals surface area contributed by atoms with Gasteiger partial charge in [0.2, 0.25) is 0 Å². The molecule has 2 aromatic carbocycles. The lowest BCUT2D eigenvalue weighted by Gasteiger charge is -2.16. The number of rotatable bonds is 5. The average Bonchev–Trinajstić information content (AvgIpc) is 3.21. The Morgan fingerprint density at radius 1 is 1.12 bits per heavy atom. The molecule has 9 heteroatoms. The molecule has 7 nitrogen and oxygen atoms in total. The molecule has 1 amide bonds. The molecule has 0 bridgehead atoms. The number of fused-ring (bicyclic) bond motifs is 1. The lowest BCUT2D eigenvalue weighted by Crippen LogP contribution is -2.14. The summed E-state index contributed by atoms with van der Waals surface area (Å²) in [7, 11) is 1.28. The minimum absolute atomic E-state index is 0.0562. The number of thiophene rings is 1. The highest BCUT2D eigenvalue weighted by Gasteiger charge is 2.24. The van der Waals surface area contributed by atoms with Crippen LogP contribution in [0.4, 0.5) is 10.7 Å². The fraction of sp³-hybridized carbons (Fsp3) is 0.217. The Labute approximate surface area is 193 Å². The first-order chi connectivity index (χ1) is 15.4. The number of methoxy groups -OCH3 is 1. The fourth-order valence-electron chi connectivity index (χ4n) is 3.84. The maximum Gasteiger partial charge on any atom is 0.341 e. The number of esters is 1. The van der Waals surface area contributed by atoms with E-state index in [0.29, 0.717) is 10.6 Å². The Morgan fingerprint density at radius 3 is 2.59 bits per heavy atom. The van der Waals surface area contributed by atoms with E-state index in [2.05, 4.69) is 17.4 Å². The SMILES string of the molecule is COC(=O)c1c(-c2ccc3c(c2)CCCC3)csc1NC(=O)c1ccc(Cl)c([N+](=O)[O-])c1. The van der Waals surface area contributed by atoms with Crippen molar-refractivity contribution in [3.8, 4) is 11.1 Å². The van der Waals surface area contributed by atoms with E-state index >= 15 is 0 Å². The van der Waals surface area contributed by atoms with E-state index in [1.807, 2.05) is 6.07 Å². The summed E-state index contributed by atoms with van der Waals surface area (Å²) in [5, 5.41) is 15.9. The molecule has 0 atom stereocenters. The van der Waals surface area contributed by atoms with Crippen LogP contribution in [0.2, 0.25) is 5.02 Å². The predicted octanol–water partition coefficient (Wildman–Crippen LogP) is 5.89. The molecule has 0 spiro atoms. The molecular formula is C23H19ClN2O5S. The van der Waals surface area contributed by atoms with Crippen LogP contribution in [0.15, 0.2) is 41.8 Å². The number of nitrogens with one attached hydrogen (secondary N) is 1. The van der Waals surface area contributed by atoms with Crippen LogP contribution in [0, 0.1) is 10.1 Å². The molecule has 0 saturated carbocycles. The van der Waals surface area contributed by atoms with Gasteiger partial charge in [-0.25, -0.2) is 4.79 Å². The van der Waals surface area contributed by atoms with E-state index in [1.165, 1.54) is 48.1 Å². The first-order valence-corrected chi connectivity index (χ1v) is 11.2. The minimum Gasteiger partial charge on any atom is -0.465 e. The van der Waals surface area contributed by atoms with Gasteiger partial charge in [0.1, 0.15) is 15.6 Å². The van der Waals surface area contributed by atoms with E-state index in [1.54, 1.807) is 5.38 Å². The largest absolute Gasteiger partial charge is 0.465 e. The van der Waals surface area contributed by atoms with Crippen molar-refractivity contribution in [2.24, 2.45) is 0 Å². The van der Waals surface area contributed by atoms with Crippen molar-refractivity contribution in [3.05, 3.63) is 79.2 Å². The van der Waals surface area contributed by atoms with Gasteiger partial charge in [-0.2, -0.15) is 0 Å². The van der Waals surface area contributed by atoms with Gasteiger partial charge in [-0.05, 0) is 54.5 Å². The van der Waals surface area contributed by atoms with Gasteiger partial charge in [0.15, 0.2) is 0 Å². The first kappa shape index (κ1) is 22.0. The van der Waals surface area contributed by atoms with Crippen molar-refractivity contribution >= 4 is 45.5 Å². The molecule has 1 heterocycles. The molecule has 0 radical (unpaired) electrons. The van der Waals surface area contributed by atoms with Crippen LogP contribution in [0.1, 0.15) is 44.7 Å². The van der Waals surface area contributed by atoms with E-state index in [0.717, 1.165) is 30.9 Å². The number of nitro benzene ring substituents is 1. The number of amides is 1. The number of carbonyl (C=O) groups is 2. The zero-order valence-corrected chi connectivity index (χ0v) is 18.7. The summed E-state index contributed by atoms with van der Waals surface area (Å²) < 4.78 is 4.97. The highest BCUT2D eigenvalue weighted by atomic mass is 35.5. The Hall–Kier alpha value is -3.23. The minimum atomic E-state index is -0.654. The van der Waals surface area contributed by atoms with Gasteiger partial charge in [-0.3, -0.25) is 14.9 Å². The number of nitro groups is 1. The fourth-order valence-corrected chi connectivity index (χ4v) is 4.98. The molecule has 0 fully saturated rings. The van der Waals surface area contributed by atoms with Crippen LogP contribution < -0.4 is 5.32 Å². The average molecular weight is 471 g/mol. The van der Waals surface area contributed by atoms with E-state index in [-0.39, 0.29) is 21.8 Å². The highest BCUT2D eigenvalue weighted by molar-refractivity contribution is 7.15. The molecule has 0 aliphatic heterocycles. The summed E-state index contributed by atoms with van der Waals surface area (Å²) in [6.45, 7) is 0. The Morgan fingerprint density at radius 2 is 1.88 bits per heavy atom. The maximum atomic E-state index is 12.8. The quantitative estimate of drug-likeness (QED) is 0.284. The molecule has 0 unspecified atom stereocenters. The predicted molar refractivity (Wildman–Crippen MR) is 124 cm³/mol. The molecule has 3 aromatic rings. The van der Waals surface area contributed by atoms with Crippen molar-refractivity contribution < 1.29 is 19.2 Å². The van der Waals surface area contributed by atoms with E-state index in [4.69, 9.17) is 16.3 Å². The first-order valence-electron chi connectivity index (χ1n) is 9.96. The summed E-state index contributed by atoms with van der Waals surface area (Å²) in [6, 6.07) is 9.95. The third-order valence-corrected chi connectivity index (χ3v) is 6.69. The second-order valence-electron chi connectivity index (χ2n) is 7.41. The van der Waals surface area contributed by atoms with E-state index < -0.39 is 16.8 Å². The highest BCUT2D eigenvalue weighted by Crippen LogP contribution is 2.38. The van der Waals surface area contributed by atoms with Crippen LogP contribution >= 0.6 is 22.9 Å². The van der Waals surface area contributed by atoms with E-state index in [9.17, 15) is 19.7 Å². The third kappa shape index (κ3) is 4.24. The molecule has 1 aliphatic rings. The molecule has 32 heavy (non-hydrogen) atoms. The van der Waals surface area contributed by atoms with Gasteiger partial charge >= 0.3 is 5.97 Å². The van der Waals surface area contributed by atoms with Gasteiger partial charge < -0.3 is 10.1 Å². The van der Waals surface area contributed by atoms with Gasteiger partial charge in [0, 0.05) is 22.6 Å². The normalized spacial score (nSPS) is 12.7. The Bertz CT molecular complexity index is 1240. The molecule has 1 N–H and O–H groups in total. The van der Waals surface area contributed by atoms with Crippen LogP contribution in [0.25, 0.3) is 11.1 Å². The van der Waals surface area contributed by atoms with Gasteiger partial charge in [-0.1, -0.05) is 29.8 Å². The summed E-state index contributed by atoms with van der Waals surface area (Å²) in [5.74, 6) is -1.16. The Balaban J connectivity index is 1.69. The summed E-state index contributed by atoms with van der Waals surface area (Å²) in [6.07, 6.45) is 4.37. The molecule has 1 aliphatic carbocycles. The second-order valence-corrected chi connectivity index (χ2v) is 8.70. The van der Waals surface area contributed by atoms with Crippen LogP contribution in [0.5, 0.6) is 0 Å². The van der Waals surface area contributed by atoms with Crippen LogP contribution in [-0.4, -0.2) is 23.9 Å². The number of halogens is 1.